The van der Waals surface area contributed by atoms with Crippen molar-refractivity contribution in [1.29, 1.82) is 0 Å². The number of hydrogen-bond donors (Lipinski definition) is 1. The van der Waals surface area contributed by atoms with E-state index in [-0.39, 0.29) is 25.6 Å². The Labute approximate surface area is 546 Å². The minimum atomic E-state index is -4.39. The molecule has 0 heterocycles. The lowest BCUT2D eigenvalue weighted by Gasteiger charge is -2.24. The molecule has 0 aromatic rings. The summed E-state index contributed by atoms with van der Waals surface area (Å²) in [6.45, 7) is 4.47. The summed E-state index contributed by atoms with van der Waals surface area (Å²) in [7, 11) is 1.49. The Bertz CT molecular complexity index is 1670. The zero-order valence-electron chi connectivity index (χ0n) is 59.0. The van der Waals surface area contributed by atoms with Crippen LogP contribution in [0.2, 0.25) is 0 Å². The van der Waals surface area contributed by atoms with Crippen molar-refractivity contribution in [2.75, 3.05) is 47.5 Å². The Morgan fingerprint density at radius 1 is 0.352 bits per heavy atom. The van der Waals surface area contributed by atoms with Crippen molar-refractivity contribution in [3.63, 3.8) is 0 Å². The van der Waals surface area contributed by atoms with Gasteiger partial charge in [0.05, 0.1) is 27.7 Å². The number of phosphoric acid groups is 1. The molecule has 0 rings (SSSR count). The van der Waals surface area contributed by atoms with Crippen molar-refractivity contribution < 1.29 is 42.1 Å². The van der Waals surface area contributed by atoms with Crippen LogP contribution in [0.15, 0.2) is 60.8 Å². The van der Waals surface area contributed by atoms with E-state index in [1.54, 1.807) is 0 Å². The van der Waals surface area contributed by atoms with Crippen LogP contribution >= 0.6 is 7.82 Å². The first-order chi connectivity index (χ1) is 43.0. The number of carbonyl (C=O) groups is 2. The molecule has 0 fully saturated rings. The van der Waals surface area contributed by atoms with Crippen LogP contribution in [-0.4, -0.2) is 74.9 Å². The van der Waals surface area contributed by atoms with Gasteiger partial charge in [-0.25, -0.2) is 4.57 Å². The Hall–Kier alpha value is -2.29. The van der Waals surface area contributed by atoms with Gasteiger partial charge in [-0.05, 0) is 83.5 Å². The summed E-state index contributed by atoms with van der Waals surface area (Å²) in [5.74, 6) is -0.780. The number of ether oxygens (including phenoxy) is 2. The van der Waals surface area contributed by atoms with Gasteiger partial charge in [0.25, 0.3) is 0 Å². The number of esters is 2. The predicted molar refractivity (Wildman–Crippen MR) is 381 cm³/mol. The van der Waals surface area contributed by atoms with Crippen molar-refractivity contribution in [3.8, 4) is 0 Å². The average Bonchev–Trinajstić information content (AvgIpc) is 3.68. The normalized spacial score (nSPS) is 13.4. The van der Waals surface area contributed by atoms with E-state index in [1.165, 1.54) is 289 Å². The van der Waals surface area contributed by atoms with E-state index in [2.05, 4.69) is 74.6 Å². The molecule has 9 nitrogen and oxygen atoms in total. The van der Waals surface area contributed by atoms with Gasteiger partial charge in [-0.2, -0.15) is 0 Å². The number of carbonyl (C=O) groups excluding carboxylic acids is 2. The van der Waals surface area contributed by atoms with Crippen LogP contribution in [0.25, 0.3) is 0 Å². The fourth-order valence-electron chi connectivity index (χ4n) is 11.2. The van der Waals surface area contributed by atoms with Gasteiger partial charge in [-0.15, -0.1) is 0 Å². The second-order valence-electron chi connectivity index (χ2n) is 27.0. The summed E-state index contributed by atoms with van der Waals surface area (Å²) < 4.78 is 34.8. The third kappa shape index (κ3) is 72.8. The van der Waals surface area contributed by atoms with E-state index < -0.39 is 26.5 Å². The molecule has 516 valence electrons. The predicted octanol–water partition coefficient (Wildman–Crippen LogP) is 24.9. The molecule has 0 aliphatic carbocycles. The molecule has 0 aliphatic rings. The van der Waals surface area contributed by atoms with Gasteiger partial charge in [0.1, 0.15) is 19.8 Å². The number of phosphoric ester groups is 1. The van der Waals surface area contributed by atoms with E-state index in [9.17, 15) is 19.0 Å². The number of allylic oxidation sites excluding steroid dienone is 10. The fraction of sp³-hybridized carbons (Fsp3) is 0.846. The molecule has 0 saturated carbocycles. The first-order valence-corrected chi connectivity index (χ1v) is 39.5. The van der Waals surface area contributed by atoms with Crippen LogP contribution in [-0.2, 0) is 32.7 Å². The highest BCUT2D eigenvalue weighted by atomic mass is 31.2. The second kappa shape index (κ2) is 69.1. The lowest BCUT2D eigenvalue weighted by Crippen LogP contribution is -2.37. The number of unbranched alkanes of at least 4 members (excludes halogenated alkanes) is 47. The molecule has 2 unspecified atom stereocenters. The maximum Gasteiger partial charge on any atom is 0.472 e. The van der Waals surface area contributed by atoms with Crippen LogP contribution in [0.4, 0.5) is 0 Å². The Morgan fingerprint density at radius 3 is 0.909 bits per heavy atom. The summed E-state index contributed by atoms with van der Waals surface area (Å²) in [5, 5.41) is 0. The van der Waals surface area contributed by atoms with Crippen LogP contribution in [0.5, 0.6) is 0 Å². The SMILES string of the molecule is CCCCCCC/C=C\C/C=C\C/C=C\CCCCCCCCCCCCCCCCC(=O)OC(COC(=O)CCCCCCCCCCCCCCCCCCCCCCCCC/C=C\C/C=C\CCCCCCC)COP(=O)(O)OCC[N+](C)(C)C. The molecular formula is C78H147NO8P+. The van der Waals surface area contributed by atoms with E-state index in [0.717, 1.165) is 51.4 Å². The first-order valence-electron chi connectivity index (χ1n) is 38.0. The molecule has 10 heteroatoms. The number of hydrogen-bond acceptors (Lipinski definition) is 7. The molecule has 0 aliphatic heterocycles. The van der Waals surface area contributed by atoms with Crippen molar-refractivity contribution in [2.45, 2.75) is 380 Å². The van der Waals surface area contributed by atoms with Crippen molar-refractivity contribution in [3.05, 3.63) is 60.8 Å². The maximum atomic E-state index is 12.9. The molecular weight excluding hydrogens is 1110 g/mol. The monoisotopic (exact) mass is 1260 g/mol. The Morgan fingerprint density at radius 2 is 0.614 bits per heavy atom. The average molecular weight is 1260 g/mol. The van der Waals surface area contributed by atoms with Crippen molar-refractivity contribution >= 4 is 19.8 Å². The molecule has 0 aromatic heterocycles. The zero-order valence-corrected chi connectivity index (χ0v) is 59.9. The Balaban J connectivity index is 3.96. The molecule has 0 bridgehead atoms. The zero-order chi connectivity index (χ0) is 64.1. The van der Waals surface area contributed by atoms with Crippen LogP contribution in [0.1, 0.15) is 373 Å². The lowest BCUT2D eigenvalue weighted by molar-refractivity contribution is -0.870. The lowest BCUT2D eigenvalue weighted by atomic mass is 10.0. The maximum absolute atomic E-state index is 12.9. The van der Waals surface area contributed by atoms with Gasteiger partial charge in [-0.1, -0.05) is 338 Å². The van der Waals surface area contributed by atoms with E-state index >= 15 is 0 Å². The van der Waals surface area contributed by atoms with Gasteiger partial charge in [0.2, 0.25) is 0 Å². The standard InChI is InChI=1S/C78H146NO8P/c1-6-8-10-12-14-16-18-20-22-24-26-28-30-32-34-36-37-38-39-40-41-43-44-46-48-50-52-54-56-58-60-62-64-66-68-70-77(80)84-74-76(75-86-88(82,83)85-73-72-79(3,4)5)87-78(81)71-69-67-65-63-61-59-57-55-53-51-49-47-45-42-35-33-31-29-27-25-23-21-19-17-15-13-11-9-7-2/h18-21,24-27,31,33,76H,6-17,22-23,28-30,32,34-75H2,1-5H3/p+1/b20-18-,21-19-,26-24-,27-25-,33-31-. The molecule has 0 spiro atoms. The van der Waals surface area contributed by atoms with Gasteiger partial charge >= 0.3 is 19.8 Å². The van der Waals surface area contributed by atoms with E-state index in [1.807, 2.05) is 21.1 Å². The highest BCUT2D eigenvalue weighted by Gasteiger charge is 2.27. The van der Waals surface area contributed by atoms with Crippen molar-refractivity contribution in [1.82, 2.24) is 0 Å². The van der Waals surface area contributed by atoms with Gasteiger partial charge in [0, 0.05) is 12.8 Å². The molecule has 0 saturated heterocycles. The first kappa shape index (κ1) is 85.7. The number of rotatable bonds is 71. The topological polar surface area (TPSA) is 108 Å². The summed E-state index contributed by atoms with van der Waals surface area (Å²) in [6, 6.07) is 0. The molecule has 88 heavy (non-hydrogen) atoms. The molecule has 0 amide bonds. The minimum absolute atomic E-state index is 0.0326. The summed E-state index contributed by atoms with van der Waals surface area (Å²) in [5.41, 5.74) is 0. The van der Waals surface area contributed by atoms with Crippen LogP contribution in [0.3, 0.4) is 0 Å². The number of likely N-dealkylation sites (N-methyl/N-ethyl adjacent to an activating group) is 1. The molecule has 2 atom stereocenters. The van der Waals surface area contributed by atoms with Gasteiger partial charge in [-0.3, -0.25) is 18.6 Å². The largest absolute Gasteiger partial charge is 0.472 e. The van der Waals surface area contributed by atoms with Gasteiger partial charge in [0.15, 0.2) is 6.10 Å². The van der Waals surface area contributed by atoms with E-state index in [0.29, 0.717) is 23.9 Å². The highest BCUT2D eigenvalue weighted by Crippen LogP contribution is 2.43. The highest BCUT2D eigenvalue weighted by molar-refractivity contribution is 7.47. The molecule has 1 N–H and O–H groups in total. The molecule has 0 aromatic carbocycles. The van der Waals surface area contributed by atoms with Crippen LogP contribution < -0.4 is 0 Å². The Kier molecular flexibility index (Phi) is 67.3. The quantitative estimate of drug-likeness (QED) is 0.0211. The summed E-state index contributed by atoms with van der Waals surface area (Å²) in [6.07, 6.45) is 92.1. The summed E-state index contributed by atoms with van der Waals surface area (Å²) in [4.78, 5) is 35.9. The fourth-order valence-corrected chi connectivity index (χ4v) is 11.9. The number of nitrogens with zero attached hydrogens (tertiary/aromatic N) is 1. The van der Waals surface area contributed by atoms with Crippen molar-refractivity contribution in [2.24, 2.45) is 0 Å². The van der Waals surface area contributed by atoms with Crippen LogP contribution in [0, 0.1) is 0 Å². The summed E-state index contributed by atoms with van der Waals surface area (Å²) >= 11 is 0. The third-order valence-corrected chi connectivity index (χ3v) is 18.0. The van der Waals surface area contributed by atoms with Gasteiger partial charge < -0.3 is 18.9 Å². The van der Waals surface area contributed by atoms with E-state index in [4.69, 9.17) is 18.5 Å². The minimum Gasteiger partial charge on any atom is -0.462 e. The smallest absolute Gasteiger partial charge is 0.462 e. The number of quaternary nitrogens is 1. The third-order valence-electron chi connectivity index (χ3n) is 17.0. The molecule has 0 radical (unpaired) electrons. The second-order valence-corrected chi connectivity index (χ2v) is 28.5.